The minimum atomic E-state index is -0.0591. The third-order valence-corrected chi connectivity index (χ3v) is 2.30. The quantitative estimate of drug-likeness (QED) is 0.793. The number of halogens is 2. The fraction of sp³-hybridized carbons (Fsp3) is 0.556. The predicted octanol–water partition coefficient (Wildman–Crippen LogP) is 1.35. The van der Waals surface area contributed by atoms with Gasteiger partial charge in [-0.2, -0.15) is 0 Å². The van der Waals surface area contributed by atoms with Crippen LogP contribution in [-0.2, 0) is 0 Å². The Labute approximate surface area is 101 Å². The van der Waals surface area contributed by atoms with Gasteiger partial charge in [-0.25, -0.2) is 4.98 Å². The van der Waals surface area contributed by atoms with Crippen molar-refractivity contribution in [2.75, 3.05) is 6.54 Å². The molecule has 0 aliphatic carbocycles. The molecule has 2 rings (SSSR count). The highest BCUT2D eigenvalue weighted by molar-refractivity contribution is 5.85. The van der Waals surface area contributed by atoms with E-state index in [0.29, 0.717) is 5.82 Å². The zero-order valence-corrected chi connectivity index (χ0v) is 10.1. The van der Waals surface area contributed by atoms with E-state index in [-0.39, 0.29) is 36.4 Å². The molecule has 2 N–H and O–H groups in total. The number of nitrogens with zero attached hydrogens (tertiary/aromatic N) is 1. The average Bonchev–Trinajstić information content (AvgIpc) is 2.53. The van der Waals surface area contributed by atoms with Crippen molar-refractivity contribution in [2.24, 2.45) is 0 Å². The third kappa shape index (κ3) is 3.48. The van der Waals surface area contributed by atoms with Crippen LogP contribution in [0.2, 0.25) is 0 Å². The summed E-state index contributed by atoms with van der Waals surface area (Å²) in [5.74, 6) is 0.691. The lowest BCUT2D eigenvalue weighted by atomic mass is 10.1. The van der Waals surface area contributed by atoms with Crippen LogP contribution in [0.15, 0.2) is 10.9 Å². The first kappa shape index (κ1) is 14.4. The number of aryl methyl sites for hydroxylation is 1. The second-order valence-corrected chi connectivity index (χ2v) is 3.40. The maximum atomic E-state index is 11.1. The van der Waals surface area contributed by atoms with Crippen LogP contribution in [0.5, 0.6) is 0 Å². The molecular formula is C9H15Cl2N3O. The molecule has 15 heavy (non-hydrogen) atoms. The molecule has 0 spiro atoms. The van der Waals surface area contributed by atoms with Crippen molar-refractivity contribution in [3.63, 3.8) is 0 Å². The van der Waals surface area contributed by atoms with E-state index >= 15 is 0 Å². The molecule has 4 nitrogen and oxygen atoms in total. The van der Waals surface area contributed by atoms with Crippen molar-refractivity contribution < 1.29 is 0 Å². The normalized spacial score (nSPS) is 19.1. The number of hydrogen-bond donors (Lipinski definition) is 2. The van der Waals surface area contributed by atoms with Crippen LogP contribution in [0.3, 0.4) is 0 Å². The smallest absolute Gasteiger partial charge is 0.251 e. The first-order valence-electron chi connectivity index (χ1n) is 4.57. The highest BCUT2D eigenvalue weighted by Gasteiger charge is 2.17. The predicted molar refractivity (Wildman–Crippen MR) is 64.1 cm³/mol. The summed E-state index contributed by atoms with van der Waals surface area (Å²) in [6.45, 7) is 2.83. The fourth-order valence-electron chi connectivity index (χ4n) is 1.72. The van der Waals surface area contributed by atoms with Gasteiger partial charge >= 0.3 is 0 Å². The van der Waals surface area contributed by atoms with Gasteiger partial charge < -0.3 is 10.3 Å². The molecule has 6 heteroatoms. The Morgan fingerprint density at radius 1 is 1.47 bits per heavy atom. The SMILES string of the molecule is Cc1nc(C2CCCN2)cc(=O)[nH]1.Cl.Cl. The van der Waals surface area contributed by atoms with E-state index in [0.717, 1.165) is 25.1 Å². The van der Waals surface area contributed by atoms with E-state index in [1.165, 1.54) is 0 Å². The van der Waals surface area contributed by atoms with E-state index in [9.17, 15) is 4.79 Å². The zero-order valence-electron chi connectivity index (χ0n) is 8.45. The Bertz CT molecular complexity index is 361. The van der Waals surface area contributed by atoms with Gasteiger partial charge in [0, 0.05) is 12.1 Å². The highest BCUT2D eigenvalue weighted by Crippen LogP contribution is 2.19. The van der Waals surface area contributed by atoms with Crippen LogP contribution >= 0.6 is 24.8 Å². The van der Waals surface area contributed by atoms with Crippen molar-refractivity contribution >= 4 is 24.8 Å². The summed E-state index contributed by atoms with van der Waals surface area (Å²) in [5.41, 5.74) is 0.815. The first-order valence-corrected chi connectivity index (χ1v) is 4.57. The molecule has 1 fully saturated rings. The second-order valence-electron chi connectivity index (χ2n) is 3.40. The monoisotopic (exact) mass is 251 g/mol. The van der Waals surface area contributed by atoms with Gasteiger partial charge in [-0.1, -0.05) is 0 Å². The zero-order chi connectivity index (χ0) is 9.26. The molecule has 0 aromatic carbocycles. The van der Waals surface area contributed by atoms with E-state index < -0.39 is 0 Å². The third-order valence-electron chi connectivity index (χ3n) is 2.30. The Hall–Kier alpha value is -0.580. The van der Waals surface area contributed by atoms with Crippen molar-refractivity contribution in [1.29, 1.82) is 0 Å². The lowest BCUT2D eigenvalue weighted by Gasteiger charge is -2.08. The topological polar surface area (TPSA) is 57.8 Å². The molecule has 2 heterocycles. The molecule has 0 bridgehead atoms. The van der Waals surface area contributed by atoms with Crippen molar-refractivity contribution in [3.8, 4) is 0 Å². The Morgan fingerprint density at radius 2 is 2.20 bits per heavy atom. The minimum absolute atomic E-state index is 0. The number of rotatable bonds is 1. The second kappa shape index (κ2) is 6.10. The van der Waals surface area contributed by atoms with Crippen molar-refractivity contribution in [1.82, 2.24) is 15.3 Å². The van der Waals surface area contributed by atoms with Gasteiger partial charge in [0.2, 0.25) is 0 Å². The van der Waals surface area contributed by atoms with Gasteiger partial charge in [-0.15, -0.1) is 24.8 Å². The molecule has 1 unspecified atom stereocenters. The van der Waals surface area contributed by atoms with Gasteiger partial charge in [-0.3, -0.25) is 4.79 Å². The summed E-state index contributed by atoms with van der Waals surface area (Å²) in [4.78, 5) is 18.1. The van der Waals surface area contributed by atoms with Crippen LogP contribution in [0.1, 0.15) is 30.4 Å². The molecule has 1 aromatic heterocycles. The molecule has 1 saturated heterocycles. The molecule has 1 aliphatic heterocycles. The number of H-pyrrole nitrogens is 1. The van der Waals surface area contributed by atoms with Gasteiger partial charge in [0.25, 0.3) is 5.56 Å². The van der Waals surface area contributed by atoms with E-state index in [1.54, 1.807) is 13.0 Å². The maximum absolute atomic E-state index is 11.1. The fourth-order valence-corrected chi connectivity index (χ4v) is 1.72. The summed E-state index contributed by atoms with van der Waals surface area (Å²) < 4.78 is 0. The largest absolute Gasteiger partial charge is 0.311 e. The minimum Gasteiger partial charge on any atom is -0.311 e. The van der Waals surface area contributed by atoms with Gasteiger partial charge in [0.1, 0.15) is 5.82 Å². The summed E-state index contributed by atoms with van der Waals surface area (Å²) >= 11 is 0. The number of aromatic amines is 1. The lowest BCUT2D eigenvalue weighted by molar-refractivity contribution is 0.621. The van der Waals surface area contributed by atoms with Gasteiger partial charge in [0.15, 0.2) is 0 Å². The average molecular weight is 252 g/mol. The van der Waals surface area contributed by atoms with Crippen LogP contribution in [-0.4, -0.2) is 16.5 Å². The van der Waals surface area contributed by atoms with Crippen molar-refractivity contribution in [2.45, 2.75) is 25.8 Å². The number of aromatic nitrogens is 2. The molecule has 86 valence electrons. The molecule has 0 amide bonds. The number of hydrogen-bond acceptors (Lipinski definition) is 3. The molecule has 0 radical (unpaired) electrons. The Kier molecular flexibility index (Phi) is 5.87. The standard InChI is InChI=1S/C9H13N3O.2ClH/c1-6-11-8(5-9(13)12-6)7-3-2-4-10-7;;/h5,7,10H,2-4H2,1H3,(H,11,12,13);2*1H. The van der Waals surface area contributed by atoms with Crippen LogP contribution in [0, 0.1) is 6.92 Å². The Balaban J connectivity index is 0.000000980. The van der Waals surface area contributed by atoms with Crippen LogP contribution < -0.4 is 10.9 Å². The van der Waals surface area contributed by atoms with Crippen LogP contribution in [0.4, 0.5) is 0 Å². The summed E-state index contributed by atoms with van der Waals surface area (Å²) in [6.07, 6.45) is 2.24. The van der Waals surface area contributed by atoms with E-state index in [2.05, 4.69) is 15.3 Å². The molecule has 1 aliphatic rings. The lowest BCUT2D eigenvalue weighted by Crippen LogP contribution is -2.19. The molecular weight excluding hydrogens is 237 g/mol. The van der Waals surface area contributed by atoms with Gasteiger partial charge in [-0.05, 0) is 26.3 Å². The van der Waals surface area contributed by atoms with Crippen molar-refractivity contribution in [3.05, 3.63) is 27.9 Å². The molecule has 0 saturated carbocycles. The van der Waals surface area contributed by atoms with E-state index in [4.69, 9.17) is 0 Å². The summed E-state index contributed by atoms with van der Waals surface area (Å²) in [7, 11) is 0. The van der Waals surface area contributed by atoms with Gasteiger partial charge in [0.05, 0.1) is 5.69 Å². The molecule has 1 aromatic rings. The first-order chi connectivity index (χ1) is 6.25. The Morgan fingerprint density at radius 3 is 2.73 bits per heavy atom. The van der Waals surface area contributed by atoms with E-state index in [1.807, 2.05) is 0 Å². The maximum Gasteiger partial charge on any atom is 0.251 e. The number of nitrogens with one attached hydrogen (secondary N) is 2. The van der Waals surface area contributed by atoms with Crippen LogP contribution in [0.25, 0.3) is 0 Å². The summed E-state index contributed by atoms with van der Waals surface area (Å²) in [6, 6.07) is 1.86. The molecule has 1 atom stereocenters. The summed E-state index contributed by atoms with van der Waals surface area (Å²) in [5, 5.41) is 3.31. The highest BCUT2D eigenvalue weighted by atomic mass is 35.5.